The fourth-order valence-electron chi connectivity index (χ4n) is 6.24. The molecule has 2 aromatic rings. The zero-order chi connectivity index (χ0) is 20.0. The van der Waals surface area contributed by atoms with Gasteiger partial charge in [0.1, 0.15) is 0 Å². The van der Waals surface area contributed by atoms with Gasteiger partial charge in [0.2, 0.25) is 0 Å². The van der Waals surface area contributed by atoms with Gasteiger partial charge in [0.25, 0.3) is 5.91 Å². The zero-order valence-electron chi connectivity index (χ0n) is 16.8. The molecule has 4 saturated carbocycles. The number of carbonyl (C=O) groups excluding carboxylic acids is 1. The number of para-hydroxylation sites is 2. The SMILES string of the molecule is CS(=O)c1ccc(C(=O)Nc2ccccc2NC23CC4CC(CC(C4)C2)C3)cc1. The molecule has 4 bridgehead atoms. The average Bonchev–Trinajstić information content (AvgIpc) is 2.68. The van der Waals surface area contributed by atoms with Gasteiger partial charge in [0.15, 0.2) is 0 Å². The van der Waals surface area contributed by atoms with E-state index >= 15 is 0 Å². The molecular weight excluding hydrogens is 380 g/mol. The topological polar surface area (TPSA) is 58.2 Å². The Balaban J connectivity index is 1.35. The van der Waals surface area contributed by atoms with Gasteiger partial charge in [-0.05, 0) is 92.7 Å². The van der Waals surface area contributed by atoms with E-state index in [0.29, 0.717) is 5.56 Å². The van der Waals surface area contributed by atoms with E-state index in [9.17, 15) is 9.00 Å². The van der Waals surface area contributed by atoms with Crippen molar-refractivity contribution in [2.75, 3.05) is 16.9 Å². The average molecular weight is 409 g/mol. The minimum absolute atomic E-state index is 0.141. The molecule has 0 aliphatic heterocycles. The normalized spacial score (nSPS) is 30.7. The van der Waals surface area contributed by atoms with E-state index in [0.717, 1.165) is 34.0 Å². The van der Waals surface area contributed by atoms with Crippen LogP contribution in [-0.2, 0) is 10.8 Å². The Bertz CT molecular complexity index is 918. The molecule has 4 fully saturated rings. The number of hydrogen-bond donors (Lipinski definition) is 2. The maximum absolute atomic E-state index is 12.8. The molecule has 2 N–H and O–H groups in total. The quantitative estimate of drug-likeness (QED) is 0.727. The Labute approximate surface area is 174 Å². The lowest BCUT2D eigenvalue weighted by Crippen LogP contribution is -2.54. The molecule has 4 aliphatic rings. The van der Waals surface area contributed by atoms with E-state index < -0.39 is 10.8 Å². The first-order chi connectivity index (χ1) is 14.0. The Hall–Kier alpha value is -2.14. The minimum Gasteiger partial charge on any atom is -0.378 e. The third kappa shape index (κ3) is 3.73. The molecule has 0 heterocycles. The second-order valence-corrected chi connectivity index (χ2v) is 10.7. The third-order valence-electron chi connectivity index (χ3n) is 7.06. The lowest BCUT2D eigenvalue weighted by molar-refractivity contribution is 0.0107. The van der Waals surface area contributed by atoms with Crippen molar-refractivity contribution in [1.82, 2.24) is 0 Å². The number of amides is 1. The van der Waals surface area contributed by atoms with Crippen LogP contribution in [0.25, 0.3) is 0 Å². The zero-order valence-corrected chi connectivity index (χ0v) is 17.6. The van der Waals surface area contributed by atoms with Crippen molar-refractivity contribution in [3.8, 4) is 0 Å². The van der Waals surface area contributed by atoms with E-state index in [2.05, 4.69) is 16.7 Å². The van der Waals surface area contributed by atoms with Crippen molar-refractivity contribution < 1.29 is 9.00 Å². The monoisotopic (exact) mass is 408 g/mol. The minimum atomic E-state index is -1.04. The van der Waals surface area contributed by atoms with E-state index in [1.54, 1.807) is 30.5 Å². The smallest absolute Gasteiger partial charge is 0.255 e. The van der Waals surface area contributed by atoms with Crippen LogP contribution in [0.15, 0.2) is 53.4 Å². The maximum atomic E-state index is 12.8. The van der Waals surface area contributed by atoms with Crippen LogP contribution in [0.4, 0.5) is 11.4 Å². The number of rotatable bonds is 5. The molecule has 29 heavy (non-hydrogen) atoms. The molecule has 5 heteroatoms. The molecule has 0 radical (unpaired) electrons. The first-order valence-electron chi connectivity index (χ1n) is 10.6. The van der Waals surface area contributed by atoms with Crippen LogP contribution in [0.5, 0.6) is 0 Å². The summed E-state index contributed by atoms with van der Waals surface area (Å²) in [5.41, 5.74) is 2.62. The van der Waals surface area contributed by atoms with Crippen LogP contribution >= 0.6 is 0 Å². The van der Waals surface area contributed by atoms with Gasteiger partial charge in [-0.1, -0.05) is 12.1 Å². The number of hydrogen-bond acceptors (Lipinski definition) is 3. The van der Waals surface area contributed by atoms with Crippen molar-refractivity contribution in [3.63, 3.8) is 0 Å². The first-order valence-corrected chi connectivity index (χ1v) is 12.2. The maximum Gasteiger partial charge on any atom is 0.255 e. The highest BCUT2D eigenvalue weighted by atomic mass is 32.2. The lowest BCUT2D eigenvalue weighted by atomic mass is 9.53. The molecule has 4 aliphatic carbocycles. The molecule has 6 rings (SSSR count). The summed E-state index contributed by atoms with van der Waals surface area (Å²) in [6.45, 7) is 0. The van der Waals surface area contributed by atoms with Crippen LogP contribution < -0.4 is 10.6 Å². The summed E-state index contributed by atoms with van der Waals surface area (Å²) < 4.78 is 11.6. The largest absolute Gasteiger partial charge is 0.378 e. The summed E-state index contributed by atoms with van der Waals surface area (Å²) in [7, 11) is -1.04. The van der Waals surface area contributed by atoms with Crippen molar-refractivity contribution in [1.29, 1.82) is 0 Å². The van der Waals surface area contributed by atoms with E-state index in [4.69, 9.17) is 0 Å². The van der Waals surface area contributed by atoms with E-state index in [-0.39, 0.29) is 11.4 Å². The molecule has 1 unspecified atom stereocenters. The van der Waals surface area contributed by atoms with Crippen LogP contribution in [-0.4, -0.2) is 21.9 Å². The van der Waals surface area contributed by atoms with Crippen LogP contribution in [0.2, 0.25) is 0 Å². The van der Waals surface area contributed by atoms with Crippen molar-refractivity contribution in [2.45, 2.75) is 49.0 Å². The highest BCUT2D eigenvalue weighted by Gasteiger charge is 2.51. The summed E-state index contributed by atoms with van der Waals surface area (Å²) in [6.07, 6.45) is 9.67. The molecule has 2 aromatic carbocycles. The summed E-state index contributed by atoms with van der Waals surface area (Å²) >= 11 is 0. The molecule has 152 valence electrons. The van der Waals surface area contributed by atoms with Crippen molar-refractivity contribution in [3.05, 3.63) is 54.1 Å². The lowest BCUT2D eigenvalue weighted by Gasteiger charge is -2.57. The van der Waals surface area contributed by atoms with E-state index in [1.165, 1.54) is 38.5 Å². The van der Waals surface area contributed by atoms with Gasteiger partial charge >= 0.3 is 0 Å². The first kappa shape index (κ1) is 18.9. The Morgan fingerprint density at radius 3 is 2.00 bits per heavy atom. The summed E-state index contributed by atoms with van der Waals surface area (Å²) in [5, 5.41) is 6.96. The fraction of sp³-hybridized carbons (Fsp3) is 0.458. The Morgan fingerprint density at radius 2 is 1.45 bits per heavy atom. The molecular formula is C24H28N2O2S. The predicted octanol–water partition coefficient (Wildman–Crippen LogP) is 5.06. The number of benzene rings is 2. The van der Waals surface area contributed by atoms with Gasteiger partial charge in [0.05, 0.1) is 11.4 Å². The van der Waals surface area contributed by atoms with Crippen LogP contribution in [0.3, 0.4) is 0 Å². The highest BCUT2D eigenvalue weighted by Crippen LogP contribution is 2.56. The molecule has 0 aromatic heterocycles. The number of carbonyl (C=O) groups is 1. The van der Waals surface area contributed by atoms with Gasteiger partial charge in [-0.15, -0.1) is 0 Å². The van der Waals surface area contributed by atoms with Crippen molar-refractivity contribution >= 4 is 28.1 Å². The Kier molecular flexibility index (Phi) is 4.73. The van der Waals surface area contributed by atoms with Gasteiger partial charge in [-0.2, -0.15) is 0 Å². The van der Waals surface area contributed by atoms with Crippen molar-refractivity contribution in [2.24, 2.45) is 17.8 Å². The summed E-state index contributed by atoms with van der Waals surface area (Å²) in [5.74, 6) is 2.48. The molecule has 1 amide bonds. The molecule has 1 atom stereocenters. The van der Waals surface area contributed by atoms with Gasteiger partial charge in [-0.25, -0.2) is 0 Å². The fourth-order valence-corrected chi connectivity index (χ4v) is 6.76. The molecule has 4 nitrogen and oxygen atoms in total. The second kappa shape index (κ2) is 7.28. The van der Waals surface area contributed by atoms with Gasteiger partial charge < -0.3 is 10.6 Å². The molecule has 0 saturated heterocycles. The summed E-state index contributed by atoms with van der Waals surface area (Å²) in [6, 6.07) is 15.0. The number of nitrogens with one attached hydrogen (secondary N) is 2. The van der Waals surface area contributed by atoms with Gasteiger partial charge in [-0.3, -0.25) is 9.00 Å². The summed E-state index contributed by atoms with van der Waals surface area (Å²) in [4.78, 5) is 13.5. The van der Waals surface area contributed by atoms with E-state index in [1.807, 2.05) is 18.2 Å². The standard InChI is InChI=1S/C24H28N2O2S/c1-29(28)20-8-6-19(7-9-20)23(27)25-21-4-2-3-5-22(21)26-24-13-16-10-17(14-24)12-18(11-16)15-24/h2-9,16-18,26H,10-15H2,1H3,(H,25,27). The van der Waals surface area contributed by atoms with Crippen LogP contribution in [0.1, 0.15) is 48.9 Å². The predicted molar refractivity (Wildman–Crippen MR) is 118 cm³/mol. The van der Waals surface area contributed by atoms with Crippen LogP contribution in [0, 0.1) is 17.8 Å². The third-order valence-corrected chi connectivity index (χ3v) is 8.00. The van der Waals surface area contributed by atoms with Gasteiger partial charge in [0, 0.05) is 33.1 Å². The Morgan fingerprint density at radius 1 is 0.897 bits per heavy atom. The second-order valence-electron chi connectivity index (χ2n) is 9.30. The number of anilines is 2. The highest BCUT2D eigenvalue weighted by molar-refractivity contribution is 7.84. The molecule has 0 spiro atoms.